The summed E-state index contributed by atoms with van der Waals surface area (Å²) in [6, 6.07) is 8.76. The van der Waals surface area contributed by atoms with Gasteiger partial charge in [-0.2, -0.15) is 0 Å². The van der Waals surface area contributed by atoms with Crippen LogP contribution in [0.4, 0.5) is 0 Å². The molecule has 0 aliphatic heterocycles. The minimum Gasteiger partial charge on any atom is -0.507 e. The molecule has 0 unspecified atom stereocenters. The van der Waals surface area contributed by atoms with Crippen LogP contribution in [0.5, 0.6) is 5.75 Å². The van der Waals surface area contributed by atoms with Crippen molar-refractivity contribution in [3.05, 3.63) is 48.4 Å². The Kier molecular flexibility index (Phi) is 2.87. The van der Waals surface area contributed by atoms with Gasteiger partial charge in [-0.3, -0.25) is 4.79 Å². The molecule has 0 fully saturated rings. The van der Waals surface area contributed by atoms with Gasteiger partial charge in [0, 0.05) is 11.1 Å². The summed E-state index contributed by atoms with van der Waals surface area (Å²) in [4.78, 5) is 10.1. The van der Waals surface area contributed by atoms with E-state index in [1.165, 1.54) is 6.08 Å². The van der Waals surface area contributed by atoms with E-state index >= 15 is 0 Å². The summed E-state index contributed by atoms with van der Waals surface area (Å²) in [6.07, 6.45) is 5.14. The van der Waals surface area contributed by atoms with Gasteiger partial charge >= 0.3 is 0 Å². The van der Waals surface area contributed by atoms with Crippen LogP contribution < -0.4 is 0 Å². The van der Waals surface area contributed by atoms with E-state index in [1.807, 2.05) is 6.07 Å². The third kappa shape index (κ3) is 2.03. The van der Waals surface area contributed by atoms with Crippen molar-refractivity contribution in [1.82, 2.24) is 0 Å². The zero-order chi connectivity index (χ0) is 11.4. The summed E-state index contributed by atoms with van der Waals surface area (Å²) in [7, 11) is 0. The van der Waals surface area contributed by atoms with E-state index in [1.54, 1.807) is 36.6 Å². The molecule has 0 radical (unpaired) electrons. The van der Waals surface area contributed by atoms with Crippen molar-refractivity contribution in [3.8, 4) is 16.9 Å². The van der Waals surface area contributed by atoms with Crippen LogP contribution in [-0.2, 0) is 4.79 Å². The first-order valence-corrected chi connectivity index (χ1v) is 4.80. The third-order valence-corrected chi connectivity index (χ3v) is 2.17. The minimum absolute atomic E-state index is 0.203. The molecule has 0 aliphatic carbocycles. The van der Waals surface area contributed by atoms with Crippen molar-refractivity contribution in [3.63, 3.8) is 0 Å². The van der Waals surface area contributed by atoms with Gasteiger partial charge in [0.25, 0.3) is 0 Å². The highest BCUT2D eigenvalue weighted by Crippen LogP contribution is 2.30. The van der Waals surface area contributed by atoms with Gasteiger partial charge in [-0.05, 0) is 24.3 Å². The van der Waals surface area contributed by atoms with E-state index in [9.17, 15) is 9.90 Å². The number of aldehydes is 1. The Morgan fingerprint density at radius 3 is 2.81 bits per heavy atom. The van der Waals surface area contributed by atoms with Crippen molar-refractivity contribution in [1.29, 1.82) is 0 Å². The number of aromatic hydroxyl groups is 1. The van der Waals surface area contributed by atoms with Gasteiger partial charge in [-0.1, -0.05) is 18.2 Å². The van der Waals surface area contributed by atoms with Gasteiger partial charge in [-0.25, -0.2) is 0 Å². The number of allylic oxidation sites excluding steroid dienone is 1. The van der Waals surface area contributed by atoms with Gasteiger partial charge in [0.05, 0.1) is 6.26 Å². The second-order valence-electron chi connectivity index (χ2n) is 3.25. The first-order chi connectivity index (χ1) is 7.81. The highest BCUT2D eigenvalue weighted by molar-refractivity contribution is 5.75. The zero-order valence-electron chi connectivity index (χ0n) is 8.46. The highest BCUT2D eigenvalue weighted by Gasteiger charge is 2.05. The van der Waals surface area contributed by atoms with Crippen LogP contribution in [0, 0.1) is 0 Å². The Morgan fingerprint density at radius 1 is 1.25 bits per heavy atom. The molecule has 80 valence electrons. The quantitative estimate of drug-likeness (QED) is 0.631. The van der Waals surface area contributed by atoms with Crippen molar-refractivity contribution in [2.75, 3.05) is 0 Å². The summed E-state index contributed by atoms with van der Waals surface area (Å²) in [5.74, 6) is 0.777. The summed E-state index contributed by atoms with van der Waals surface area (Å²) in [5.41, 5.74) is 1.49. The molecule has 0 amide bonds. The molecule has 0 saturated carbocycles. The van der Waals surface area contributed by atoms with Crippen molar-refractivity contribution in [2.45, 2.75) is 0 Å². The van der Waals surface area contributed by atoms with Gasteiger partial charge < -0.3 is 9.52 Å². The lowest BCUT2D eigenvalue weighted by molar-refractivity contribution is -0.104. The molecule has 2 aromatic rings. The van der Waals surface area contributed by atoms with Gasteiger partial charge in [0.1, 0.15) is 17.8 Å². The van der Waals surface area contributed by atoms with Crippen LogP contribution in [0.2, 0.25) is 0 Å². The molecule has 3 nitrogen and oxygen atoms in total. The maximum atomic E-state index is 10.1. The average molecular weight is 214 g/mol. The number of phenols is 1. The molecule has 0 bridgehead atoms. The molecule has 1 aromatic heterocycles. The van der Waals surface area contributed by atoms with Crippen LogP contribution >= 0.6 is 0 Å². The second kappa shape index (κ2) is 4.49. The number of para-hydroxylation sites is 1. The van der Waals surface area contributed by atoms with Crippen LogP contribution in [0.3, 0.4) is 0 Å². The van der Waals surface area contributed by atoms with Crippen LogP contribution in [0.25, 0.3) is 17.2 Å². The molecule has 1 aromatic carbocycles. The van der Waals surface area contributed by atoms with E-state index in [-0.39, 0.29) is 5.75 Å². The monoisotopic (exact) mass is 214 g/mol. The Hall–Kier alpha value is -2.29. The number of rotatable bonds is 3. The third-order valence-electron chi connectivity index (χ3n) is 2.17. The molecule has 0 atom stereocenters. The van der Waals surface area contributed by atoms with Crippen molar-refractivity contribution >= 4 is 12.4 Å². The van der Waals surface area contributed by atoms with E-state index in [0.717, 1.165) is 5.56 Å². The standard InChI is InChI=1S/C13H10O3/c14-7-3-4-11-8-10(9-16-11)12-5-1-2-6-13(12)15/h1-9,15H. The lowest BCUT2D eigenvalue weighted by Gasteiger charge is -1.98. The van der Waals surface area contributed by atoms with E-state index in [0.29, 0.717) is 17.6 Å². The minimum atomic E-state index is 0.203. The Morgan fingerprint density at radius 2 is 2.06 bits per heavy atom. The first kappa shape index (κ1) is 10.2. The number of benzene rings is 1. The van der Waals surface area contributed by atoms with Crippen molar-refractivity contribution in [2.24, 2.45) is 0 Å². The SMILES string of the molecule is O=CC=Cc1cc(-c2ccccc2O)co1. The molecule has 2 rings (SSSR count). The Bertz CT molecular complexity index is 523. The van der Waals surface area contributed by atoms with Gasteiger partial charge in [-0.15, -0.1) is 0 Å². The Balaban J connectivity index is 2.35. The highest BCUT2D eigenvalue weighted by atomic mass is 16.3. The number of hydrogen-bond donors (Lipinski definition) is 1. The lowest BCUT2D eigenvalue weighted by Crippen LogP contribution is -1.73. The zero-order valence-corrected chi connectivity index (χ0v) is 8.46. The first-order valence-electron chi connectivity index (χ1n) is 4.80. The Labute approximate surface area is 92.6 Å². The predicted molar refractivity (Wildman–Crippen MR) is 60.9 cm³/mol. The molecule has 0 spiro atoms. The second-order valence-corrected chi connectivity index (χ2v) is 3.25. The largest absolute Gasteiger partial charge is 0.507 e. The fourth-order valence-corrected chi connectivity index (χ4v) is 1.43. The normalized spacial score (nSPS) is 10.8. The number of hydrogen-bond acceptors (Lipinski definition) is 3. The maximum absolute atomic E-state index is 10.1. The summed E-state index contributed by atoms with van der Waals surface area (Å²) in [5, 5.41) is 9.63. The maximum Gasteiger partial charge on any atom is 0.142 e. The molecule has 0 aliphatic rings. The summed E-state index contributed by atoms with van der Waals surface area (Å²) in [6.45, 7) is 0. The van der Waals surface area contributed by atoms with Gasteiger partial charge in [0.15, 0.2) is 0 Å². The van der Waals surface area contributed by atoms with Crippen LogP contribution in [0.1, 0.15) is 5.76 Å². The number of carbonyl (C=O) groups is 1. The van der Waals surface area contributed by atoms with E-state index in [2.05, 4.69) is 0 Å². The number of carbonyl (C=O) groups excluding carboxylic acids is 1. The van der Waals surface area contributed by atoms with Crippen molar-refractivity contribution < 1.29 is 14.3 Å². The van der Waals surface area contributed by atoms with Crippen LogP contribution in [0.15, 0.2) is 47.1 Å². The molecule has 1 heterocycles. The fraction of sp³-hybridized carbons (Fsp3) is 0. The molecule has 0 saturated heterocycles. The van der Waals surface area contributed by atoms with E-state index in [4.69, 9.17) is 4.42 Å². The van der Waals surface area contributed by atoms with E-state index < -0.39 is 0 Å². The predicted octanol–water partition coefficient (Wildman–Crippen LogP) is 2.86. The average Bonchev–Trinajstić information content (AvgIpc) is 2.75. The topological polar surface area (TPSA) is 50.4 Å². The number of phenolic OH excluding ortho intramolecular Hbond substituents is 1. The summed E-state index contributed by atoms with van der Waals surface area (Å²) >= 11 is 0. The number of furan rings is 1. The smallest absolute Gasteiger partial charge is 0.142 e. The summed E-state index contributed by atoms with van der Waals surface area (Å²) < 4.78 is 5.22. The molecule has 3 heteroatoms. The molecular formula is C13H10O3. The molecule has 1 N–H and O–H groups in total. The van der Waals surface area contributed by atoms with Gasteiger partial charge in [0.2, 0.25) is 0 Å². The van der Waals surface area contributed by atoms with Crippen LogP contribution in [-0.4, -0.2) is 11.4 Å². The molecular weight excluding hydrogens is 204 g/mol. The lowest BCUT2D eigenvalue weighted by atomic mass is 10.1. The fourth-order valence-electron chi connectivity index (χ4n) is 1.43. The molecule has 16 heavy (non-hydrogen) atoms.